The van der Waals surface area contributed by atoms with Crippen molar-refractivity contribution in [3.05, 3.63) is 28.8 Å². The Labute approximate surface area is 100.0 Å². The van der Waals surface area contributed by atoms with Crippen LogP contribution >= 0.6 is 11.6 Å². The van der Waals surface area contributed by atoms with Gasteiger partial charge in [0, 0.05) is 5.02 Å². The molecule has 0 spiro atoms. The molecule has 4 nitrogen and oxygen atoms in total. The van der Waals surface area contributed by atoms with Crippen LogP contribution in [0.25, 0.3) is 0 Å². The van der Waals surface area contributed by atoms with Crippen LogP contribution in [0.3, 0.4) is 0 Å². The summed E-state index contributed by atoms with van der Waals surface area (Å²) in [6, 6.07) is 5.06. The van der Waals surface area contributed by atoms with Crippen molar-refractivity contribution in [2.24, 2.45) is 5.73 Å². The Morgan fingerprint density at radius 1 is 1.50 bits per heavy atom. The maximum Gasteiger partial charge on any atom is 0.344 e. The van der Waals surface area contributed by atoms with Gasteiger partial charge in [-0.3, -0.25) is 0 Å². The van der Waals surface area contributed by atoms with E-state index in [2.05, 4.69) is 5.73 Å². The van der Waals surface area contributed by atoms with Gasteiger partial charge in [0.15, 0.2) is 6.10 Å². The Balaban J connectivity index is 0.00000106. The summed E-state index contributed by atoms with van der Waals surface area (Å²) in [7, 11) is 1.50. The Morgan fingerprint density at radius 2 is 2.06 bits per heavy atom. The number of hydrogen-bond acceptors (Lipinski definition) is 3. The van der Waals surface area contributed by atoms with Gasteiger partial charge in [0.2, 0.25) is 0 Å². The summed E-state index contributed by atoms with van der Waals surface area (Å²) in [6.45, 7) is 3.30. The highest BCUT2D eigenvalue weighted by molar-refractivity contribution is 6.30. The molecule has 0 amide bonds. The lowest BCUT2D eigenvalue weighted by atomic mass is 10.2. The van der Waals surface area contributed by atoms with Crippen LogP contribution in [-0.4, -0.2) is 24.2 Å². The molecule has 0 fully saturated rings. The fraction of sp³-hybridized carbons (Fsp3) is 0.364. The normalized spacial score (nSPS) is 11.1. The van der Waals surface area contributed by atoms with Gasteiger partial charge in [0.1, 0.15) is 5.75 Å². The first-order valence-corrected chi connectivity index (χ1v) is 5.12. The highest BCUT2D eigenvalue weighted by Gasteiger charge is 2.13. The van der Waals surface area contributed by atoms with E-state index in [1.54, 1.807) is 18.2 Å². The minimum atomic E-state index is -0.987. The summed E-state index contributed by atoms with van der Waals surface area (Å²) in [6.07, 6.45) is -0.852. The summed E-state index contributed by atoms with van der Waals surface area (Å²) in [4.78, 5) is 10.5. The van der Waals surface area contributed by atoms with E-state index < -0.39 is 12.1 Å². The molecule has 5 heteroatoms. The van der Waals surface area contributed by atoms with Crippen molar-refractivity contribution in [1.29, 1.82) is 0 Å². The molecule has 90 valence electrons. The summed E-state index contributed by atoms with van der Waals surface area (Å²) in [5.41, 5.74) is 5.32. The van der Waals surface area contributed by atoms with Crippen molar-refractivity contribution >= 4 is 17.6 Å². The van der Waals surface area contributed by atoms with E-state index in [4.69, 9.17) is 21.4 Å². The maximum atomic E-state index is 10.5. The number of benzene rings is 1. The monoisotopic (exact) mass is 245 g/mol. The van der Waals surface area contributed by atoms with Gasteiger partial charge in [-0.05, 0) is 44.7 Å². The number of carbonyl (C=O) groups is 1. The first kappa shape index (κ1) is 14.7. The zero-order valence-electron chi connectivity index (χ0n) is 9.53. The van der Waals surface area contributed by atoms with Crippen molar-refractivity contribution in [2.45, 2.75) is 20.0 Å². The second-order valence-electron chi connectivity index (χ2n) is 3.01. The molecule has 0 radical (unpaired) electrons. The molecule has 0 aliphatic rings. The summed E-state index contributed by atoms with van der Waals surface area (Å²) < 4.78 is 5.20. The number of ether oxygens (including phenoxy) is 1. The predicted octanol–water partition coefficient (Wildman–Crippen LogP) is 2.08. The van der Waals surface area contributed by atoms with Gasteiger partial charge >= 0.3 is 5.97 Å². The average Bonchev–Trinajstić information content (AvgIpc) is 2.25. The fourth-order valence-electron chi connectivity index (χ4n) is 0.986. The largest absolute Gasteiger partial charge is 0.479 e. The van der Waals surface area contributed by atoms with Crippen molar-refractivity contribution in [1.82, 2.24) is 0 Å². The van der Waals surface area contributed by atoms with Crippen molar-refractivity contribution in [2.75, 3.05) is 7.05 Å². The van der Waals surface area contributed by atoms with Crippen molar-refractivity contribution in [3.63, 3.8) is 0 Å². The number of aryl methyl sites for hydroxylation is 1. The number of halogens is 1. The average molecular weight is 246 g/mol. The molecule has 0 saturated heterocycles. The van der Waals surface area contributed by atoms with E-state index in [0.717, 1.165) is 5.56 Å². The van der Waals surface area contributed by atoms with Gasteiger partial charge in [0.25, 0.3) is 0 Å². The number of nitrogens with two attached hydrogens (primary N) is 1. The zero-order valence-corrected chi connectivity index (χ0v) is 10.3. The highest BCUT2D eigenvalue weighted by atomic mass is 35.5. The highest BCUT2D eigenvalue weighted by Crippen LogP contribution is 2.22. The van der Waals surface area contributed by atoms with E-state index in [0.29, 0.717) is 10.8 Å². The van der Waals surface area contributed by atoms with Gasteiger partial charge in [0.05, 0.1) is 0 Å². The van der Waals surface area contributed by atoms with E-state index in [9.17, 15) is 4.79 Å². The molecule has 0 heterocycles. The van der Waals surface area contributed by atoms with E-state index in [1.165, 1.54) is 14.0 Å². The number of carboxylic acids is 1. The van der Waals surface area contributed by atoms with E-state index >= 15 is 0 Å². The second-order valence-corrected chi connectivity index (χ2v) is 3.44. The Bertz CT molecular complexity index is 355. The van der Waals surface area contributed by atoms with Crippen LogP contribution in [0.1, 0.15) is 12.5 Å². The number of carboxylic acid groups (broad SMARTS) is 1. The van der Waals surface area contributed by atoms with Crippen LogP contribution in [-0.2, 0) is 4.79 Å². The molecular formula is C11H16ClNO3. The Hall–Kier alpha value is -1.26. The van der Waals surface area contributed by atoms with Gasteiger partial charge in [-0.25, -0.2) is 4.79 Å². The van der Waals surface area contributed by atoms with Crippen LogP contribution in [0.15, 0.2) is 18.2 Å². The van der Waals surface area contributed by atoms with Gasteiger partial charge in [-0.2, -0.15) is 0 Å². The fourth-order valence-corrected chi connectivity index (χ4v) is 1.21. The third-order valence-electron chi connectivity index (χ3n) is 1.79. The molecule has 0 bridgehead atoms. The number of hydrogen-bond donors (Lipinski definition) is 2. The van der Waals surface area contributed by atoms with Crippen LogP contribution in [0.4, 0.5) is 0 Å². The van der Waals surface area contributed by atoms with Gasteiger partial charge in [-0.15, -0.1) is 0 Å². The lowest BCUT2D eigenvalue weighted by Crippen LogP contribution is -2.23. The first-order chi connectivity index (χ1) is 7.50. The molecule has 1 aromatic carbocycles. The zero-order chi connectivity index (χ0) is 12.7. The van der Waals surface area contributed by atoms with Crippen molar-refractivity contribution in [3.8, 4) is 5.75 Å². The third-order valence-corrected chi connectivity index (χ3v) is 2.02. The third kappa shape index (κ3) is 4.51. The summed E-state index contributed by atoms with van der Waals surface area (Å²) in [5.74, 6) is -0.441. The molecule has 0 aliphatic heterocycles. The minimum Gasteiger partial charge on any atom is -0.479 e. The predicted molar refractivity (Wildman–Crippen MR) is 64.0 cm³/mol. The van der Waals surface area contributed by atoms with Crippen LogP contribution in [0.5, 0.6) is 5.75 Å². The smallest absolute Gasteiger partial charge is 0.344 e. The maximum absolute atomic E-state index is 10.5. The van der Waals surface area contributed by atoms with Crippen molar-refractivity contribution < 1.29 is 14.6 Å². The molecule has 1 aromatic rings. The van der Waals surface area contributed by atoms with Gasteiger partial charge in [-0.1, -0.05) is 11.6 Å². The topological polar surface area (TPSA) is 72.5 Å². The molecule has 1 rings (SSSR count). The Kier molecular flexibility index (Phi) is 6.53. The quantitative estimate of drug-likeness (QED) is 0.855. The van der Waals surface area contributed by atoms with Crippen LogP contribution in [0.2, 0.25) is 5.02 Å². The SMILES string of the molecule is CN.Cc1cc(Cl)ccc1OC(C)C(=O)O. The molecule has 0 aromatic heterocycles. The summed E-state index contributed by atoms with van der Waals surface area (Å²) >= 11 is 5.74. The standard InChI is InChI=1S/C10H11ClO3.CH5N/c1-6-5-8(11)3-4-9(6)14-7(2)10(12)13;1-2/h3-5,7H,1-2H3,(H,12,13);2H2,1H3. The molecule has 0 saturated carbocycles. The minimum absolute atomic E-state index is 0.546. The Morgan fingerprint density at radius 3 is 2.50 bits per heavy atom. The van der Waals surface area contributed by atoms with E-state index in [-0.39, 0.29) is 0 Å². The first-order valence-electron chi connectivity index (χ1n) is 4.74. The number of rotatable bonds is 3. The van der Waals surface area contributed by atoms with Gasteiger partial charge < -0.3 is 15.6 Å². The van der Waals surface area contributed by atoms with Crippen LogP contribution < -0.4 is 10.5 Å². The molecular weight excluding hydrogens is 230 g/mol. The number of aliphatic carboxylic acids is 1. The molecule has 3 N–H and O–H groups in total. The van der Waals surface area contributed by atoms with E-state index in [1.807, 2.05) is 6.92 Å². The molecule has 16 heavy (non-hydrogen) atoms. The molecule has 0 aliphatic carbocycles. The molecule has 1 unspecified atom stereocenters. The summed E-state index contributed by atoms with van der Waals surface area (Å²) in [5, 5.41) is 9.25. The molecule has 1 atom stereocenters. The lowest BCUT2D eigenvalue weighted by molar-refractivity contribution is -0.144. The lowest BCUT2D eigenvalue weighted by Gasteiger charge is -2.12. The second kappa shape index (κ2) is 7.09. The van der Waals surface area contributed by atoms with Crippen LogP contribution in [0, 0.1) is 6.92 Å².